The van der Waals surface area contributed by atoms with Crippen LogP contribution in [0, 0.1) is 5.92 Å². The Morgan fingerprint density at radius 3 is 2.88 bits per heavy atom. The molecule has 94 valence electrons. The van der Waals surface area contributed by atoms with Crippen LogP contribution in [0.25, 0.3) is 0 Å². The molecule has 0 radical (unpaired) electrons. The first-order chi connectivity index (χ1) is 8.22. The Kier molecular flexibility index (Phi) is 3.66. The summed E-state index contributed by atoms with van der Waals surface area (Å²) >= 11 is 0. The highest BCUT2D eigenvalue weighted by molar-refractivity contribution is 5.67. The molecule has 0 bridgehead atoms. The lowest BCUT2D eigenvalue weighted by Crippen LogP contribution is -2.22. The fourth-order valence-electron chi connectivity index (χ4n) is 1.76. The van der Waals surface area contributed by atoms with Crippen LogP contribution in [0.2, 0.25) is 0 Å². The summed E-state index contributed by atoms with van der Waals surface area (Å²) in [5.41, 5.74) is 6.57. The summed E-state index contributed by atoms with van der Waals surface area (Å²) in [6.07, 6.45) is 5.08. The number of hydrogen-bond acceptors (Lipinski definition) is 5. The van der Waals surface area contributed by atoms with Crippen LogP contribution >= 0.6 is 0 Å². The Labute approximate surface area is 102 Å². The van der Waals surface area contributed by atoms with E-state index in [-0.39, 0.29) is 0 Å². The molecule has 2 rings (SSSR count). The van der Waals surface area contributed by atoms with Gasteiger partial charge >= 0.3 is 0 Å². The first kappa shape index (κ1) is 12.0. The second kappa shape index (κ2) is 5.21. The van der Waals surface area contributed by atoms with Crippen molar-refractivity contribution in [3.8, 4) is 5.88 Å². The van der Waals surface area contributed by atoms with Crippen molar-refractivity contribution in [3.05, 3.63) is 6.33 Å². The van der Waals surface area contributed by atoms with E-state index in [1.165, 1.54) is 19.2 Å². The molecule has 0 aromatic carbocycles. The molecule has 2 N–H and O–H groups in total. The van der Waals surface area contributed by atoms with Crippen LogP contribution in [0.5, 0.6) is 5.88 Å². The number of hydrogen-bond donors (Lipinski definition) is 1. The van der Waals surface area contributed by atoms with Crippen molar-refractivity contribution in [1.82, 2.24) is 9.97 Å². The van der Waals surface area contributed by atoms with Crippen LogP contribution < -0.4 is 15.4 Å². The van der Waals surface area contributed by atoms with E-state index in [1.54, 1.807) is 0 Å². The number of nitrogens with zero attached hydrogens (tertiary/aromatic N) is 3. The monoisotopic (exact) mass is 236 g/mol. The zero-order valence-corrected chi connectivity index (χ0v) is 10.5. The van der Waals surface area contributed by atoms with Gasteiger partial charge in [-0.25, -0.2) is 4.98 Å². The third kappa shape index (κ3) is 2.99. The van der Waals surface area contributed by atoms with Gasteiger partial charge in [-0.15, -0.1) is 0 Å². The van der Waals surface area contributed by atoms with Gasteiger partial charge in [0.05, 0.1) is 6.61 Å². The van der Waals surface area contributed by atoms with Crippen LogP contribution in [0.4, 0.5) is 11.5 Å². The SMILES string of the molecule is CCCOc1ncnc(N(C)CC2CC2)c1N. The highest BCUT2D eigenvalue weighted by Crippen LogP contribution is 2.33. The average Bonchev–Trinajstić information content (AvgIpc) is 3.11. The summed E-state index contributed by atoms with van der Waals surface area (Å²) in [5, 5.41) is 0. The molecule has 0 spiro atoms. The second-order valence-electron chi connectivity index (χ2n) is 4.59. The summed E-state index contributed by atoms with van der Waals surface area (Å²) in [4.78, 5) is 10.4. The van der Waals surface area contributed by atoms with Crippen molar-refractivity contribution < 1.29 is 4.74 Å². The lowest BCUT2D eigenvalue weighted by Gasteiger charge is -2.20. The van der Waals surface area contributed by atoms with Gasteiger partial charge in [0, 0.05) is 13.6 Å². The number of nitrogens with two attached hydrogens (primary N) is 1. The summed E-state index contributed by atoms with van der Waals surface area (Å²) in [6.45, 7) is 3.69. The summed E-state index contributed by atoms with van der Waals surface area (Å²) in [7, 11) is 2.01. The van der Waals surface area contributed by atoms with Crippen molar-refractivity contribution in [3.63, 3.8) is 0 Å². The molecule has 17 heavy (non-hydrogen) atoms. The minimum Gasteiger partial charge on any atom is -0.476 e. The van der Waals surface area contributed by atoms with Gasteiger partial charge in [0.2, 0.25) is 5.88 Å². The fourth-order valence-corrected chi connectivity index (χ4v) is 1.76. The average molecular weight is 236 g/mol. The van der Waals surface area contributed by atoms with Crippen LogP contribution in [0.1, 0.15) is 26.2 Å². The predicted molar refractivity (Wildman–Crippen MR) is 68.2 cm³/mol. The summed E-state index contributed by atoms with van der Waals surface area (Å²) in [5.74, 6) is 2.08. The van der Waals surface area contributed by atoms with Crippen LogP contribution in [0.15, 0.2) is 6.33 Å². The molecule has 0 saturated heterocycles. The van der Waals surface area contributed by atoms with Crippen molar-refractivity contribution in [2.45, 2.75) is 26.2 Å². The molecule has 1 saturated carbocycles. The fraction of sp³-hybridized carbons (Fsp3) is 0.667. The molecule has 0 amide bonds. The van der Waals surface area contributed by atoms with E-state index in [9.17, 15) is 0 Å². The highest BCUT2D eigenvalue weighted by atomic mass is 16.5. The number of nitrogen functional groups attached to an aromatic ring is 1. The quantitative estimate of drug-likeness (QED) is 0.814. The lowest BCUT2D eigenvalue weighted by molar-refractivity contribution is 0.306. The first-order valence-electron chi connectivity index (χ1n) is 6.16. The number of anilines is 2. The molecule has 1 fully saturated rings. The Bertz CT molecular complexity index is 379. The van der Waals surface area contributed by atoms with Gasteiger partial charge in [0.1, 0.15) is 12.0 Å². The molecule has 0 atom stereocenters. The molecule has 0 aliphatic heterocycles. The van der Waals surface area contributed by atoms with Crippen LogP contribution in [0.3, 0.4) is 0 Å². The van der Waals surface area contributed by atoms with Crippen LogP contribution in [-0.4, -0.2) is 30.2 Å². The van der Waals surface area contributed by atoms with Gasteiger partial charge in [0.15, 0.2) is 5.82 Å². The summed E-state index contributed by atoms with van der Waals surface area (Å²) in [6, 6.07) is 0. The lowest BCUT2D eigenvalue weighted by atomic mass is 10.3. The minimum atomic E-state index is 0.500. The molecular weight excluding hydrogens is 216 g/mol. The Balaban J connectivity index is 2.09. The van der Waals surface area contributed by atoms with E-state index < -0.39 is 0 Å². The maximum atomic E-state index is 6.03. The van der Waals surface area contributed by atoms with E-state index in [0.29, 0.717) is 18.2 Å². The topological polar surface area (TPSA) is 64.3 Å². The van der Waals surface area contributed by atoms with Crippen molar-refractivity contribution >= 4 is 11.5 Å². The number of ether oxygens (including phenoxy) is 1. The van der Waals surface area contributed by atoms with Gasteiger partial charge in [-0.3, -0.25) is 0 Å². The zero-order chi connectivity index (χ0) is 12.3. The second-order valence-corrected chi connectivity index (χ2v) is 4.59. The van der Waals surface area contributed by atoms with Gasteiger partial charge in [-0.05, 0) is 25.2 Å². The van der Waals surface area contributed by atoms with Gasteiger partial charge in [-0.1, -0.05) is 6.92 Å². The molecule has 5 nitrogen and oxygen atoms in total. The highest BCUT2D eigenvalue weighted by Gasteiger charge is 2.24. The van der Waals surface area contributed by atoms with E-state index in [0.717, 1.165) is 24.7 Å². The molecule has 1 aromatic heterocycles. The van der Waals surface area contributed by atoms with E-state index in [4.69, 9.17) is 10.5 Å². The van der Waals surface area contributed by atoms with Gasteiger partial charge in [-0.2, -0.15) is 4.98 Å². The molecule has 0 unspecified atom stereocenters. The predicted octanol–water partition coefficient (Wildman–Crippen LogP) is 1.69. The van der Waals surface area contributed by atoms with Crippen LogP contribution in [-0.2, 0) is 0 Å². The molecule has 1 aromatic rings. The Hall–Kier alpha value is -1.52. The Morgan fingerprint density at radius 2 is 2.24 bits per heavy atom. The standard InChI is InChI=1S/C12H20N4O/c1-3-6-17-12-10(13)11(14-8-15-12)16(2)7-9-4-5-9/h8-9H,3-7,13H2,1-2H3. The summed E-state index contributed by atoms with van der Waals surface area (Å²) < 4.78 is 5.49. The Morgan fingerprint density at radius 1 is 1.47 bits per heavy atom. The third-order valence-electron chi connectivity index (χ3n) is 2.86. The largest absolute Gasteiger partial charge is 0.476 e. The minimum absolute atomic E-state index is 0.500. The maximum Gasteiger partial charge on any atom is 0.242 e. The van der Waals surface area contributed by atoms with Crippen molar-refractivity contribution in [2.75, 3.05) is 30.8 Å². The first-order valence-corrected chi connectivity index (χ1v) is 6.16. The van der Waals surface area contributed by atoms with E-state index in [2.05, 4.69) is 21.8 Å². The van der Waals surface area contributed by atoms with E-state index in [1.807, 2.05) is 7.05 Å². The maximum absolute atomic E-state index is 6.03. The molecule has 1 aliphatic carbocycles. The normalized spacial score (nSPS) is 14.7. The van der Waals surface area contributed by atoms with Crippen molar-refractivity contribution in [2.24, 2.45) is 5.92 Å². The third-order valence-corrected chi connectivity index (χ3v) is 2.86. The molecule has 5 heteroatoms. The molecule has 1 heterocycles. The number of rotatable bonds is 6. The van der Waals surface area contributed by atoms with E-state index >= 15 is 0 Å². The van der Waals surface area contributed by atoms with Crippen molar-refractivity contribution in [1.29, 1.82) is 0 Å². The molecule has 1 aliphatic rings. The number of aromatic nitrogens is 2. The zero-order valence-electron chi connectivity index (χ0n) is 10.5. The molecular formula is C12H20N4O. The van der Waals surface area contributed by atoms with Gasteiger partial charge < -0.3 is 15.4 Å². The van der Waals surface area contributed by atoms with Gasteiger partial charge in [0.25, 0.3) is 0 Å². The smallest absolute Gasteiger partial charge is 0.242 e.